The van der Waals surface area contributed by atoms with Crippen LogP contribution >= 0.6 is 0 Å². The summed E-state index contributed by atoms with van der Waals surface area (Å²) in [6.07, 6.45) is 4.79. The number of amides is 1. The fourth-order valence-electron chi connectivity index (χ4n) is 3.80. The SMILES string of the molecule is O=C(NC1CCN(S(=O)(=O)C2CC2c2cccc(F)c2)CC1)c1cccnc1. The number of carbonyl (C=O) groups excluding carboxylic acids is 1. The Labute approximate surface area is 163 Å². The highest BCUT2D eigenvalue weighted by atomic mass is 32.2. The minimum absolute atomic E-state index is 0.0580. The standard InChI is InChI=1S/C20H22FN3O3S/c21-16-5-1-3-14(11-16)18-12-19(18)28(26,27)24-9-6-17(7-10-24)23-20(25)15-4-2-8-22-13-15/h1-5,8,11,13,17-19H,6-7,9-10,12H2,(H,23,25). The van der Waals surface area contributed by atoms with Crippen LogP contribution in [0.2, 0.25) is 0 Å². The van der Waals surface area contributed by atoms with Crippen molar-refractivity contribution in [2.75, 3.05) is 13.1 Å². The number of hydrogen-bond donors (Lipinski definition) is 1. The minimum atomic E-state index is -3.41. The fourth-order valence-corrected chi connectivity index (χ4v) is 5.93. The maximum absolute atomic E-state index is 13.4. The van der Waals surface area contributed by atoms with E-state index in [9.17, 15) is 17.6 Å². The monoisotopic (exact) mass is 403 g/mol. The molecule has 1 saturated carbocycles. The van der Waals surface area contributed by atoms with E-state index in [1.54, 1.807) is 30.5 Å². The van der Waals surface area contributed by atoms with Crippen LogP contribution in [0.4, 0.5) is 4.39 Å². The van der Waals surface area contributed by atoms with Crippen LogP contribution in [0.15, 0.2) is 48.8 Å². The smallest absolute Gasteiger partial charge is 0.253 e. The number of pyridine rings is 1. The average molecular weight is 403 g/mol. The molecule has 2 unspecified atom stereocenters. The molecule has 1 saturated heterocycles. The minimum Gasteiger partial charge on any atom is -0.349 e. The summed E-state index contributed by atoms with van der Waals surface area (Å²) in [6, 6.07) is 9.51. The van der Waals surface area contributed by atoms with Gasteiger partial charge in [0.05, 0.1) is 10.8 Å². The molecule has 1 N–H and O–H groups in total. The molecule has 0 bridgehead atoms. The molecule has 2 aromatic rings. The van der Waals surface area contributed by atoms with E-state index in [4.69, 9.17) is 0 Å². The molecule has 0 spiro atoms. The maximum atomic E-state index is 13.4. The van der Waals surface area contributed by atoms with Crippen LogP contribution in [0.3, 0.4) is 0 Å². The lowest BCUT2D eigenvalue weighted by Gasteiger charge is -2.31. The molecule has 2 heterocycles. The van der Waals surface area contributed by atoms with E-state index in [0.29, 0.717) is 37.9 Å². The van der Waals surface area contributed by atoms with Crippen molar-refractivity contribution in [3.8, 4) is 0 Å². The summed E-state index contributed by atoms with van der Waals surface area (Å²) in [5, 5.41) is 2.47. The highest BCUT2D eigenvalue weighted by Gasteiger charge is 2.50. The molecule has 4 rings (SSSR count). The van der Waals surface area contributed by atoms with Gasteiger partial charge in [-0.05, 0) is 49.1 Å². The lowest BCUT2D eigenvalue weighted by molar-refractivity contribution is 0.0923. The number of nitrogens with one attached hydrogen (secondary N) is 1. The summed E-state index contributed by atoms with van der Waals surface area (Å²) in [7, 11) is -3.41. The van der Waals surface area contributed by atoms with E-state index < -0.39 is 15.3 Å². The lowest BCUT2D eigenvalue weighted by atomic mass is 10.1. The number of aromatic nitrogens is 1. The van der Waals surface area contributed by atoms with Crippen molar-refractivity contribution >= 4 is 15.9 Å². The molecule has 1 aromatic heterocycles. The lowest BCUT2D eigenvalue weighted by Crippen LogP contribution is -2.47. The third-order valence-electron chi connectivity index (χ3n) is 5.46. The first-order chi connectivity index (χ1) is 13.4. The average Bonchev–Trinajstić information content (AvgIpc) is 3.51. The summed E-state index contributed by atoms with van der Waals surface area (Å²) in [4.78, 5) is 16.2. The molecule has 28 heavy (non-hydrogen) atoms. The van der Waals surface area contributed by atoms with Crippen molar-refractivity contribution in [2.45, 2.75) is 36.5 Å². The Morgan fingerprint density at radius 3 is 2.64 bits per heavy atom. The molecule has 1 aromatic carbocycles. The maximum Gasteiger partial charge on any atom is 0.253 e. The van der Waals surface area contributed by atoms with E-state index in [0.717, 1.165) is 5.56 Å². The van der Waals surface area contributed by atoms with Gasteiger partial charge in [-0.2, -0.15) is 0 Å². The number of carbonyl (C=O) groups is 1. The van der Waals surface area contributed by atoms with Crippen molar-refractivity contribution in [3.05, 3.63) is 65.7 Å². The first kappa shape index (κ1) is 19.0. The van der Waals surface area contributed by atoms with Gasteiger partial charge in [-0.1, -0.05) is 12.1 Å². The Morgan fingerprint density at radius 1 is 1.18 bits per heavy atom. The Balaban J connectivity index is 1.33. The van der Waals surface area contributed by atoms with Gasteiger partial charge >= 0.3 is 0 Å². The zero-order valence-corrected chi connectivity index (χ0v) is 16.1. The Morgan fingerprint density at radius 2 is 1.96 bits per heavy atom. The molecular formula is C20H22FN3O3S. The van der Waals surface area contributed by atoms with Gasteiger partial charge < -0.3 is 5.32 Å². The molecule has 0 radical (unpaired) electrons. The first-order valence-corrected chi connectivity index (χ1v) is 10.9. The molecule has 148 valence electrons. The number of rotatable bonds is 5. The van der Waals surface area contributed by atoms with Crippen LogP contribution in [0.25, 0.3) is 0 Å². The van der Waals surface area contributed by atoms with Gasteiger partial charge in [0, 0.05) is 37.4 Å². The van der Waals surface area contributed by atoms with Gasteiger partial charge in [0.25, 0.3) is 5.91 Å². The summed E-state index contributed by atoms with van der Waals surface area (Å²) in [5.74, 6) is -0.669. The van der Waals surface area contributed by atoms with Crippen LogP contribution in [0, 0.1) is 5.82 Å². The molecular weight excluding hydrogens is 381 g/mol. The number of nitrogens with zero attached hydrogens (tertiary/aromatic N) is 2. The van der Waals surface area contributed by atoms with E-state index in [-0.39, 0.29) is 23.7 Å². The Kier molecular flexibility index (Phi) is 5.16. The number of hydrogen-bond acceptors (Lipinski definition) is 4. The van der Waals surface area contributed by atoms with Crippen molar-refractivity contribution in [2.24, 2.45) is 0 Å². The third-order valence-corrected chi connectivity index (χ3v) is 7.84. The normalized spacial score (nSPS) is 23.3. The number of piperidine rings is 1. The first-order valence-electron chi connectivity index (χ1n) is 9.40. The molecule has 1 amide bonds. The summed E-state index contributed by atoms with van der Waals surface area (Å²) in [6.45, 7) is 0.763. The van der Waals surface area contributed by atoms with Gasteiger partial charge in [0.2, 0.25) is 10.0 Å². The van der Waals surface area contributed by atoms with E-state index >= 15 is 0 Å². The predicted octanol–water partition coefficient (Wildman–Crippen LogP) is 2.30. The third kappa shape index (κ3) is 3.93. The molecule has 2 aliphatic rings. The zero-order valence-electron chi connectivity index (χ0n) is 15.3. The van der Waals surface area contributed by atoms with Crippen molar-refractivity contribution < 1.29 is 17.6 Å². The van der Waals surface area contributed by atoms with Gasteiger partial charge in [0.15, 0.2) is 0 Å². The van der Waals surface area contributed by atoms with Crippen LogP contribution in [0.5, 0.6) is 0 Å². The predicted molar refractivity (Wildman–Crippen MR) is 103 cm³/mol. The van der Waals surface area contributed by atoms with E-state index in [1.165, 1.54) is 22.6 Å². The highest BCUT2D eigenvalue weighted by molar-refractivity contribution is 7.90. The van der Waals surface area contributed by atoms with Crippen LogP contribution < -0.4 is 5.32 Å². The quantitative estimate of drug-likeness (QED) is 0.831. The second-order valence-corrected chi connectivity index (χ2v) is 9.52. The van der Waals surface area contributed by atoms with Gasteiger partial charge in [-0.15, -0.1) is 0 Å². The van der Waals surface area contributed by atoms with Crippen LogP contribution in [-0.2, 0) is 10.0 Å². The van der Waals surface area contributed by atoms with Crippen LogP contribution in [-0.4, -0.2) is 48.0 Å². The molecule has 6 nitrogen and oxygen atoms in total. The summed E-state index contributed by atoms with van der Waals surface area (Å²) >= 11 is 0. The second kappa shape index (κ2) is 7.60. The van der Waals surface area contributed by atoms with E-state index in [1.807, 2.05) is 0 Å². The van der Waals surface area contributed by atoms with Crippen molar-refractivity contribution in [1.82, 2.24) is 14.6 Å². The van der Waals surface area contributed by atoms with Crippen LogP contribution in [0.1, 0.15) is 41.1 Å². The number of benzene rings is 1. The van der Waals surface area contributed by atoms with Crippen molar-refractivity contribution in [1.29, 1.82) is 0 Å². The number of halogens is 1. The zero-order chi connectivity index (χ0) is 19.7. The topological polar surface area (TPSA) is 79.4 Å². The van der Waals surface area contributed by atoms with E-state index in [2.05, 4.69) is 10.3 Å². The number of sulfonamides is 1. The largest absolute Gasteiger partial charge is 0.349 e. The van der Waals surface area contributed by atoms with Gasteiger partial charge in [-0.25, -0.2) is 17.1 Å². The highest BCUT2D eigenvalue weighted by Crippen LogP contribution is 2.47. The Hall–Kier alpha value is -2.32. The summed E-state index contributed by atoms with van der Waals surface area (Å²) in [5.41, 5.74) is 1.24. The Bertz CT molecular complexity index is 960. The molecule has 2 fully saturated rings. The molecule has 1 aliphatic carbocycles. The summed E-state index contributed by atoms with van der Waals surface area (Å²) < 4.78 is 40.7. The van der Waals surface area contributed by atoms with Gasteiger partial charge in [-0.3, -0.25) is 9.78 Å². The molecule has 1 aliphatic heterocycles. The second-order valence-electron chi connectivity index (χ2n) is 7.37. The molecule has 8 heteroatoms. The van der Waals surface area contributed by atoms with Crippen molar-refractivity contribution in [3.63, 3.8) is 0 Å². The fraction of sp³-hybridized carbons (Fsp3) is 0.400. The van der Waals surface area contributed by atoms with Gasteiger partial charge in [0.1, 0.15) is 5.82 Å². The molecule has 2 atom stereocenters.